The Kier molecular flexibility index (Phi) is 3.78. The predicted octanol–water partition coefficient (Wildman–Crippen LogP) is 3.07. The maximum absolute atomic E-state index is 13.1. The van der Waals surface area contributed by atoms with Crippen molar-refractivity contribution in [2.75, 3.05) is 12.4 Å². The van der Waals surface area contributed by atoms with Gasteiger partial charge in [-0.25, -0.2) is 4.39 Å². The van der Waals surface area contributed by atoms with E-state index in [9.17, 15) is 4.39 Å². The Morgan fingerprint density at radius 1 is 1.17 bits per heavy atom. The van der Waals surface area contributed by atoms with Gasteiger partial charge in [0.05, 0.1) is 7.11 Å². The number of hydrogen-bond acceptors (Lipinski definition) is 5. The van der Waals surface area contributed by atoms with Crippen LogP contribution in [0.15, 0.2) is 18.2 Å². The van der Waals surface area contributed by atoms with Gasteiger partial charge in [-0.3, -0.25) is 0 Å². The highest BCUT2D eigenvalue weighted by molar-refractivity contribution is 6.30. The van der Waals surface area contributed by atoms with Crippen molar-refractivity contribution in [3.63, 3.8) is 0 Å². The lowest BCUT2D eigenvalue weighted by Gasteiger charge is -2.06. The summed E-state index contributed by atoms with van der Waals surface area (Å²) in [5, 5.41) is 2.97. The van der Waals surface area contributed by atoms with Crippen LogP contribution in [0.5, 0.6) is 6.01 Å². The van der Waals surface area contributed by atoms with Gasteiger partial charge >= 0.3 is 6.01 Å². The van der Waals surface area contributed by atoms with Crippen molar-refractivity contribution in [3.05, 3.63) is 34.3 Å². The highest BCUT2D eigenvalue weighted by atomic mass is 35.5. The van der Waals surface area contributed by atoms with E-state index in [-0.39, 0.29) is 22.3 Å². The molecule has 0 fully saturated rings. The van der Waals surface area contributed by atoms with E-state index in [2.05, 4.69) is 20.3 Å². The van der Waals surface area contributed by atoms with Gasteiger partial charge in [0.1, 0.15) is 5.82 Å². The standard InChI is InChI=1S/C10H7Cl2FN4O/c1-18-10-16-8(12)15-9(17-10)14-7-3-5(11)2-6(13)4-7/h2-4H,1H3,(H,14,15,16,17). The molecular formula is C10H7Cl2FN4O. The Morgan fingerprint density at radius 2 is 1.94 bits per heavy atom. The van der Waals surface area contributed by atoms with Gasteiger partial charge < -0.3 is 10.1 Å². The van der Waals surface area contributed by atoms with Crippen LogP contribution in [0.25, 0.3) is 0 Å². The van der Waals surface area contributed by atoms with Gasteiger partial charge in [-0.1, -0.05) is 11.6 Å². The third kappa shape index (κ3) is 3.18. The second kappa shape index (κ2) is 5.32. The van der Waals surface area contributed by atoms with Crippen LogP contribution in [0.2, 0.25) is 10.3 Å². The highest BCUT2D eigenvalue weighted by Crippen LogP contribution is 2.21. The molecule has 0 saturated carbocycles. The molecular weight excluding hydrogens is 282 g/mol. The summed E-state index contributed by atoms with van der Waals surface area (Å²) in [6.45, 7) is 0. The molecule has 1 aromatic heterocycles. The zero-order valence-corrected chi connectivity index (χ0v) is 10.6. The Balaban J connectivity index is 2.30. The normalized spacial score (nSPS) is 10.2. The SMILES string of the molecule is COc1nc(Cl)nc(Nc2cc(F)cc(Cl)c2)n1. The van der Waals surface area contributed by atoms with Crippen LogP contribution in [0, 0.1) is 5.82 Å². The Hall–Kier alpha value is -1.66. The van der Waals surface area contributed by atoms with Crippen LogP contribution < -0.4 is 10.1 Å². The van der Waals surface area contributed by atoms with E-state index in [1.165, 1.54) is 25.3 Å². The zero-order chi connectivity index (χ0) is 13.1. The number of halogens is 3. The minimum absolute atomic E-state index is 0.0353. The molecule has 0 amide bonds. The molecule has 0 aliphatic rings. The lowest BCUT2D eigenvalue weighted by Crippen LogP contribution is -2.02. The van der Waals surface area contributed by atoms with Crippen LogP contribution in [0.4, 0.5) is 16.0 Å². The summed E-state index contributed by atoms with van der Waals surface area (Å²) in [6.07, 6.45) is 0. The van der Waals surface area contributed by atoms with Crippen molar-refractivity contribution >= 4 is 34.8 Å². The number of methoxy groups -OCH3 is 1. The molecule has 0 aliphatic carbocycles. The summed E-state index contributed by atoms with van der Waals surface area (Å²) in [4.78, 5) is 11.4. The first-order chi connectivity index (χ1) is 8.56. The van der Waals surface area contributed by atoms with Crippen LogP contribution >= 0.6 is 23.2 Å². The smallest absolute Gasteiger partial charge is 0.322 e. The second-order valence-electron chi connectivity index (χ2n) is 3.20. The predicted molar refractivity (Wildman–Crippen MR) is 66.1 cm³/mol. The van der Waals surface area contributed by atoms with Gasteiger partial charge in [0.15, 0.2) is 0 Å². The largest absolute Gasteiger partial charge is 0.467 e. The number of ether oxygens (including phenoxy) is 1. The molecule has 18 heavy (non-hydrogen) atoms. The minimum Gasteiger partial charge on any atom is -0.467 e. The van der Waals surface area contributed by atoms with Crippen LogP contribution in [0.3, 0.4) is 0 Å². The molecule has 0 bridgehead atoms. The Labute approximate surface area is 112 Å². The molecule has 0 unspecified atom stereocenters. The van der Waals surface area contributed by atoms with E-state index in [1.807, 2.05) is 0 Å². The number of nitrogens with one attached hydrogen (secondary N) is 1. The fraction of sp³-hybridized carbons (Fsp3) is 0.100. The third-order valence-corrected chi connectivity index (χ3v) is 2.28. The van der Waals surface area contributed by atoms with Gasteiger partial charge in [0.2, 0.25) is 11.2 Å². The molecule has 0 saturated heterocycles. The zero-order valence-electron chi connectivity index (χ0n) is 9.12. The van der Waals surface area contributed by atoms with E-state index < -0.39 is 5.82 Å². The van der Waals surface area contributed by atoms with E-state index >= 15 is 0 Å². The molecule has 2 aromatic rings. The topological polar surface area (TPSA) is 59.9 Å². The lowest BCUT2D eigenvalue weighted by molar-refractivity contribution is 0.379. The number of aromatic nitrogens is 3. The molecule has 1 aromatic carbocycles. The first-order valence-electron chi connectivity index (χ1n) is 4.75. The van der Waals surface area contributed by atoms with Crippen molar-refractivity contribution in [3.8, 4) is 6.01 Å². The van der Waals surface area contributed by atoms with Crippen molar-refractivity contribution in [2.45, 2.75) is 0 Å². The lowest BCUT2D eigenvalue weighted by atomic mass is 10.3. The molecule has 0 aliphatic heterocycles. The van der Waals surface area contributed by atoms with Crippen molar-refractivity contribution in [1.29, 1.82) is 0 Å². The molecule has 0 radical (unpaired) electrons. The molecule has 0 atom stereocenters. The Morgan fingerprint density at radius 3 is 2.61 bits per heavy atom. The quantitative estimate of drug-likeness (QED) is 0.941. The summed E-state index contributed by atoms with van der Waals surface area (Å²) < 4.78 is 18.0. The highest BCUT2D eigenvalue weighted by Gasteiger charge is 2.06. The molecule has 1 N–H and O–H groups in total. The fourth-order valence-electron chi connectivity index (χ4n) is 1.23. The average Bonchev–Trinajstić information content (AvgIpc) is 2.26. The van der Waals surface area contributed by atoms with Gasteiger partial charge in [-0.2, -0.15) is 15.0 Å². The number of anilines is 2. The van der Waals surface area contributed by atoms with Crippen LogP contribution in [0.1, 0.15) is 0 Å². The van der Waals surface area contributed by atoms with Gasteiger partial charge in [0.25, 0.3) is 0 Å². The summed E-state index contributed by atoms with van der Waals surface area (Å²) in [6, 6.07) is 4.01. The molecule has 94 valence electrons. The first-order valence-corrected chi connectivity index (χ1v) is 5.51. The molecule has 0 spiro atoms. The number of rotatable bonds is 3. The second-order valence-corrected chi connectivity index (χ2v) is 3.97. The average molecular weight is 289 g/mol. The van der Waals surface area contributed by atoms with Gasteiger partial charge in [-0.15, -0.1) is 0 Å². The molecule has 2 rings (SSSR count). The Bertz CT molecular complexity index is 562. The summed E-state index contributed by atoms with van der Waals surface area (Å²) in [5.74, 6) is -0.342. The monoisotopic (exact) mass is 288 g/mol. The number of hydrogen-bond donors (Lipinski definition) is 1. The third-order valence-electron chi connectivity index (χ3n) is 1.89. The van der Waals surface area contributed by atoms with Crippen LogP contribution in [-0.2, 0) is 0 Å². The molecule has 8 heteroatoms. The van der Waals surface area contributed by atoms with E-state index in [0.717, 1.165) is 0 Å². The van der Waals surface area contributed by atoms with Crippen molar-refractivity contribution in [2.24, 2.45) is 0 Å². The van der Waals surface area contributed by atoms with Crippen molar-refractivity contribution < 1.29 is 9.13 Å². The van der Waals surface area contributed by atoms with Gasteiger partial charge in [-0.05, 0) is 29.8 Å². The number of benzene rings is 1. The maximum Gasteiger partial charge on any atom is 0.322 e. The minimum atomic E-state index is -0.475. The number of nitrogens with zero attached hydrogens (tertiary/aromatic N) is 3. The summed E-state index contributed by atoms with van der Waals surface area (Å²) >= 11 is 11.4. The van der Waals surface area contributed by atoms with E-state index in [1.54, 1.807) is 0 Å². The summed E-state index contributed by atoms with van der Waals surface area (Å²) in [7, 11) is 1.40. The first kappa shape index (κ1) is 12.8. The fourth-order valence-corrected chi connectivity index (χ4v) is 1.61. The van der Waals surface area contributed by atoms with Crippen molar-refractivity contribution in [1.82, 2.24) is 15.0 Å². The van der Waals surface area contributed by atoms with Crippen LogP contribution in [-0.4, -0.2) is 22.1 Å². The van der Waals surface area contributed by atoms with Gasteiger partial charge in [0, 0.05) is 10.7 Å². The molecule has 1 heterocycles. The van der Waals surface area contributed by atoms with E-state index in [4.69, 9.17) is 27.9 Å². The maximum atomic E-state index is 13.1. The summed E-state index contributed by atoms with van der Waals surface area (Å²) in [5.41, 5.74) is 0.393. The van der Waals surface area contributed by atoms with E-state index in [0.29, 0.717) is 5.69 Å². The molecule has 5 nitrogen and oxygen atoms in total.